The fourth-order valence-corrected chi connectivity index (χ4v) is 2.12. The van der Waals surface area contributed by atoms with E-state index in [1.54, 1.807) is 7.11 Å². The molecule has 0 amide bonds. The molecule has 0 radical (unpaired) electrons. The van der Waals surface area contributed by atoms with Crippen molar-refractivity contribution in [1.82, 2.24) is 0 Å². The Morgan fingerprint density at radius 2 is 2.06 bits per heavy atom. The summed E-state index contributed by atoms with van der Waals surface area (Å²) in [5.41, 5.74) is 2.26. The van der Waals surface area contributed by atoms with Crippen LogP contribution in [0.25, 0.3) is 0 Å². The molecule has 0 aliphatic heterocycles. The second-order valence-electron chi connectivity index (χ2n) is 5.12. The Morgan fingerprint density at radius 1 is 1.39 bits per heavy atom. The number of carboxylic acids is 1. The zero-order valence-electron chi connectivity index (χ0n) is 11.6. The smallest absolute Gasteiger partial charge is 0.303 e. The van der Waals surface area contributed by atoms with Gasteiger partial charge in [-0.2, -0.15) is 0 Å². The minimum Gasteiger partial charge on any atom is -0.496 e. The van der Waals surface area contributed by atoms with Gasteiger partial charge in [0.15, 0.2) is 0 Å². The highest BCUT2D eigenvalue weighted by Crippen LogP contribution is 2.27. The highest BCUT2D eigenvalue weighted by atomic mass is 16.5. The van der Waals surface area contributed by atoms with Crippen molar-refractivity contribution < 1.29 is 14.6 Å². The van der Waals surface area contributed by atoms with Gasteiger partial charge in [0.2, 0.25) is 0 Å². The molecular formula is C15H22O3. The summed E-state index contributed by atoms with van der Waals surface area (Å²) in [5, 5.41) is 8.96. The van der Waals surface area contributed by atoms with Crippen LogP contribution >= 0.6 is 0 Å². The molecule has 1 aromatic carbocycles. The van der Waals surface area contributed by atoms with Gasteiger partial charge >= 0.3 is 5.97 Å². The van der Waals surface area contributed by atoms with Crippen molar-refractivity contribution in [3.05, 3.63) is 29.3 Å². The van der Waals surface area contributed by atoms with E-state index in [0.717, 1.165) is 17.7 Å². The number of benzene rings is 1. The van der Waals surface area contributed by atoms with Crippen LogP contribution < -0.4 is 4.74 Å². The second kappa shape index (κ2) is 6.43. The average Bonchev–Trinajstić information content (AvgIpc) is 2.27. The summed E-state index contributed by atoms with van der Waals surface area (Å²) in [6.45, 7) is 6.16. The first-order chi connectivity index (χ1) is 8.43. The molecule has 0 fully saturated rings. The minimum atomic E-state index is -0.736. The largest absolute Gasteiger partial charge is 0.496 e. The van der Waals surface area contributed by atoms with Crippen molar-refractivity contribution >= 4 is 5.97 Å². The van der Waals surface area contributed by atoms with E-state index in [4.69, 9.17) is 9.84 Å². The van der Waals surface area contributed by atoms with Crippen LogP contribution in [-0.4, -0.2) is 18.2 Å². The Kier molecular flexibility index (Phi) is 5.20. The van der Waals surface area contributed by atoms with Crippen LogP contribution in [0.1, 0.15) is 31.4 Å². The number of aryl methyl sites for hydroxylation is 1. The quantitative estimate of drug-likeness (QED) is 0.842. The van der Waals surface area contributed by atoms with E-state index in [1.807, 2.05) is 19.1 Å². The molecule has 1 N–H and O–H groups in total. The van der Waals surface area contributed by atoms with E-state index in [0.29, 0.717) is 5.92 Å². The number of hydrogen-bond donors (Lipinski definition) is 1. The van der Waals surface area contributed by atoms with E-state index in [1.165, 1.54) is 5.56 Å². The number of rotatable bonds is 6. The third kappa shape index (κ3) is 4.06. The van der Waals surface area contributed by atoms with E-state index in [9.17, 15) is 4.79 Å². The number of carboxylic acid groups (broad SMARTS) is 1. The lowest BCUT2D eigenvalue weighted by Crippen LogP contribution is -2.17. The molecule has 18 heavy (non-hydrogen) atoms. The molecule has 0 spiro atoms. The lowest BCUT2D eigenvalue weighted by molar-refractivity contribution is -0.138. The molecule has 3 heteroatoms. The first-order valence-corrected chi connectivity index (χ1v) is 6.29. The predicted octanol–water partition coefficient (Wildman–Crippen LogP) is 3.29. The zero-order valence-corrected chi connectivity index (χ0v) is 11.6. The third-order valence-corrected chi connectivity index (χ3v) is 3.30. The molecular weight excluding hydrogens is 228 g/mol. The maximum atomic E-state index is 10.9. The Bertz CT molecular complexity index is 410. The number of ether oxygens (including phenoxy) is 1. The topological polar surface area (TPSA) is 46.5 Å². The molecule has 0 saturated heterocycles. The molecule has 100 valence electrons. The van der Waals surface area contributed by atoms with Gasteiger partial charge in [-0.1, -0.05) is 31.5 Å². The van der Waals surface area contributed by atoms with Gasteiger partial charge < -0.3 is 9.84 Å². The fraction of sp³-hybridized carbons (Fsp3) is 0.533. The van der Waals surface area contributed by atoms with E-state index in [2.05, 4.69) is 19.9 Å². The van der Waals surface area contributed by atoms with Crippen molar-refractivity contribution in [3.63, 3.8) is 0 Å². The van der Waals surface area contributed by atoms with Crippen LogP contribution in [0, 0.1) is 18.8 Å². The van der Waals surface area contributed by atoms with Gasteiger partial charge in [-0.25, -0.2) is 0 Å². The first-order valence-electron chi connectivity index (χ1n) is 6.29. The Hall–Kier alpha value is -1.51. The van der Waals surface area contributed by atoms with Crippen molar-refractivity contribution in [2.75, 3.05) is 7.11 Å². The van der Waals surface area contributed by atoms with Crippen LogP contribution in [0.5, 0.6) is 5.75 Å². The van der Waals surface area contributed by atoms with E-state index >= 15 is 0 Å². The molecule has 1 rings (SSSR count). The summed E-state index contributed by atoms with van der Waals surface area (Å²) in [7, 11) is 1.65. The number of hydrogen-bond acceptors (Lipinski definition) is 2. The maximum Gasteiger partial charge on any atom is 0.303 e. The molecule has 0 bridgehead atoms. The van der Waals surface area contributed by atoms with Crippen molar-refractivity contribution in [2.45, 2.75) is 33.6 Å². The van der Waals surface area contributed by atoms with Crippen molar-refractivity contribution in [1.29, 1.82) is 0 Å². The third-order valence-electron chi connectivity index (χ3n) is 3.30. The van der Waals surface area contributed by atoms with Gasteiger partial charge in [0.05, 0.1) is 7.11 Å². The standard InChI is InChI=1S/C15H22O3/c1-10(2)12(9-15(16)17)8-13-7-11(3)5-6-14(13)18-4/h5-7,10,12H,8-9H2,1-4H3,(H,16,17). The molecule has 0 heterocycles. The second-order valence-corrected chi connectivity index (χ2v) is 5.12. The Labute approximate surface area is 109 Å². The highest BCUT2D eigenvalue weighted by Gasteiger charge is 2.19. The number of carbonyl (C=O) groups is 1. The zero-order chi connectivity index (χ0) is 13.7. The van der Waals surface area contributed by atoms with Gasteiger partial charge in [0.25, 0.3) is 0 Å². The SMILES string of the molecule is COc1ccc(C)cc1CC(CC(=O)O)C(C)C. The van der Waals surface area contributed by atoms with Gasteiger partial charge in [-0.15, -0.1) is 0 Å². The number of methoxy groups -OCH3 is 1. The molecule has 1 unspecified atom stereocenters. The summed E-state index contributed by atoms with van der Waals surface area (Å²) < 4.78 is 5.34. The van der Waals surface area contributed by atoms with Crippen molar-refractivity contribution in [2.24, 2.45) is 11.8 Å². The van der Waals surface area contributed by atoms with Crippen LogP contribution in [0.4, 0.5) is 0 Å². The molecule has 3 nitrogen and oxygen atoms in total. The molecule has 0 aromatic heterocycles. The van der Waals surface area contributed by atoms with E-state index < -0.39 is 5.97 Å². The monoisotopic (exact) mass is 250 g/mol. The lowest BCUT2D eigenvalue weighted by atomic mass is 9.86. The van der Waals surface area contributed by atoms with Crippen LogP contribution in [0.3, 0.4) is 0 Å². The predicted molar refractivity (Wildman–Crippen MR) is 72.0 cm³/mol. The minimum absolute atomic E-state index is 0.137. The normalized spacial score (nSPS) is 12.5. The average molecular weight is 250 g/mol. The summed E-state index contributed by atoms with van der Waals surface area (Å²) in [5.74, 6) is 0.585. The number of aliphatic carboxylic acids is 1. The summed E-state index contributed by atoms with van der Waals surface area (Å²) in [4.78, 5) is 10.9. The summed E-state index contributed by atoms with van der Waals surface area (Å²) in [6, 6.07) is 6.03. The van der Waals surface area contributed by atoms with Crippen molar-refractivity contribution in [3.8, 4) is 5.75 Å². The van der Waals surface area contributed by atoms with E-state index in [-0.39, 0.29) is 12.3 Å². The molecule has 0 aliphatic rings. The molecule has 0 aliphatic carbocycles. The first kappa shape index (κ1) is 14.6. The maximum absolute atomic E-state index is 10.9. The lowest BCUT2D eigenvalue weighted by Gasteiger charge is -2.20. The summed E-state index contributed by atoms with van der Waals surface area (Å²) in [6.07, 6.45) is 0.948. The van der Waals surface area contributed by atoms with Gasteiger partial charge in [-0.3, -0.25) is 4.79 Å². The van der Waals surface area contributed by atoms with Crippen LogP contribution in [0.15, 0.2) is 18.2 Å². The molecule has 0 saturated carbocycles. The Balaban J connectivity index is 2.92. The van der Waals surface area contributed by atoms with Crippen LogP contribution in [-0.2, 0) is 11.2 Å². The van der Waals surface area contributed by atoms with Gasteiger partial charge in [0.1, 0.15) is 5.75 Å². The van der Waals surface area contributed by atoms with Gasteiger partial charge in [-0.05, 0) is 36.8 Å². The van der Waals surface area contributed by atoms with Gasteiger partial charge in [0, 0.05) is 6.42 Å². The Morgan fingerprint density at radius 3 is 2.56 bits per heavy atom. The highest BCUT2D eigenvalue weighted by molar-refractivity contribution is 5.67. The molecule has 1 atom stereocenters. The fourth-order valence-electron chi connectivity index (χ4n) is 2.12. The van der Waals surface area contributed by atoms with Crippen LogP contribution in [0.2, 0.25) is 0 Å². The molecule has 1 aromatic rings. The summed E-state index contributed by atoms with van der Waals surface area (Å²) >= 11 is 0.